The molecule has 0 bridgehead atoms. The van der Waals surface area contributed by atoms with Crippen LogP contribution in [0.25, 0.3) is 0 Å². The number of carbonyl (C=O) groups excluding carboxylic acids is 1. The van der Waals surface area contributed by atoms with Crippen LogP contribution in [0.4, 0.5) is 0 Å². The van der Waals surface area contributed by atoms with Gasteiger partial charge in [0, 0.05) is 6.61 Å². The Bertz CT molecular complexity index is 216. The number of aliphatic hydroxyl groups excluding tert-OH is 1. The molecule has 0 amide bonds. The van der Waals surface area contributed by atoms with E-state index in [1.165, 1.54) is 19.4 Å². The highest BCUT2D eigenvalue weighted by Gasteiger charge is 1.72. The number of rotatable bonds is 0. The Morgan fingerprint density at radius 1 is 1.20 bits per heavy atom. The van der Waals surface area contributed by atoms with Gasteiger partial charge in [0.2, 0.25) is 0 Å². The minimum Gasteiger partial charge on any atom is -0.412 e. The molecule has 0 aliphatic rings. The van der Waals surface area contributed by atoms with Crippen molar-refractivity contribution in [3.63, 3.8) is 0 Å². The van der Waals surface area contributed by atoms with E-state index in [0.29, 0.717) is 0 Å². The minimum absolute atomic E-state index is 0. The maximum atomic E-state index is 9.44. The van der Waals surface area contributed by atoms with Crippen LogP contribution in [0, 0.1) is 6.92 Å². The summed E-state index contributed by atoms with van der Waals surface area (Å²) in [5, 5.41) is 7.57. The fourth-order valence-electron chi connectivity index (χ4n) is 0.534. The molecule has 1 rings (SSSR count). The van der Waals surface area contributed by atoms with Crippen molar-refractivity contribution in [1.82, 2.24) is 0 Å². The van der Waals surface area contributed by atoms with E-state index >= 15 is 0 Å². The van der Waals surface area contributed by atoms with E-state index in [1.807, 2.05) is 18.2 Å². The van der Waals surface area contributed by atoms with Gasteiger partial charge in [0.25, 0.3) is 0 Å². The summed E-state index contributed by atoms with van der Waals surface area (Å²) in [6, 6.07) is 10.3. The van der Waals surface area contributed by atoms with Gasteiger partial charge in [-0.15, -0.1) is 0 Å². The first kappa shape index (κ1) is 19.4. The molecule has 3 N–H and O–H groups in total. The maximum Gasteiger partial charge on any atom is 0.126 e. The third-order valence-electron chi connectivity index (χ3n) is 0.940. The lowest BCUT2D eigenvalue weighted by molar-refractivity contribution is -0.114. The SMILES string of the molecule is CC(C)=O.CCO.Cc1ccccc1.O. The average molecular weight is 214 g/mol. The zero-order valence-corrected chi connectivity index (χ0v) is 9.95. The molecule has 0 radical (unpaired) electrons. The van der Waals surface area contributed by atoms with Crippen molar-refractivity contribution >= 4 is 5.78 Å². The number of aliphatic hydroxyl groups is 1. The minimum atomic E-state index is 0. The predicted molar refractivity (Wildman–Crippen MR) is 63.9 cm³/mol. The van der Waals surface area contributed by atoms with Crippen LogP contribution in [0.2, 0.25) is 0 Å². The Labute approximate surface area is 92.1 Å². The van der Waals surface area contributed by atoms with Gasteiger partial charge in [-0.2, -0.15) is 0 Å². The molecule has 0 aliphatic heterocycles. The van der Waals surface area contributed by atoms with Gasteiger partial charge in [0.05, 0.1) is 0 Å². The Kier molecular flexibility index (Phi) is 19.8. The average Bonchev–Trinajstić information content (AvgIpc) is 2.05. The van der Waals surface area contributed by atoms with E-state index in [0.717, 1.165) is 0 Å². The van der Waals surface area contributed by atoms with Gasteiger partial charge in [-0.25, -0.2) is 0 Å². The van der Waals surface area contributed by atoms with Gasteiger partial charge < -0.3 is 15.4 Å². The molecule has 0 aromatic heterocycles. The summed E-state index contributed by atoms with van der Waals surface area (Å²) < 4.78 is 0. The van der Waals surface area contributed by atoms with Crippen LogP contribution >= 0.6 is 0 Å². The molecular weight excluding hydrogens is 192 g/mol. The molecule has 3 heteroatoms. The topological polar surface area (TPSA) is 68.8 Å². The van der Waals surface area contributed by atoms with Crippen LogP contribution in [-0.4, -0.2) is 23.0 Å². The van der Waals surface area contributed by atoms with Crippen molar-refractivity contribution in [3.05, 3.63) is 35.9 Å². The fraction of sp³-hybridized carbons (Fsp3) is 0.417. The number of aryl methyl sites for hydroxylation is 1. The summed E-state index contributed by atoms with van der Waals surface area (Å²) in [6.45, 7) is 7.07. The van der Waals surface area contributed by atoms with Crippen molar-refractivity contribution in [1.29, 1.82) is 0 Å². The highest BCUT2D eigenvalue weighted by molar-refractivity contribution is 5.72. The summed E-state index contributed by atoms with van der Waals surface area (Å²) in [5.41, 5.74) is 1.32. The lowest BCUT2D eigenvalue weighted by atomic mass is 10.2. The smallest absolute Gasteiger partial charge is 0.126 e. The molecule has 0 aliphatic carbocycles. The lowest BCUT2D eigenvalue weighted by Crippen LogP contribution is -1.69. The zero-order chi connectivity index (χ0) is 11.4. The fourth-order valence-corrected chi connectivity index (χ4v) is 0.534. The van der Waals surface area contributed by atoms with Crippen LogP contribution in [-0.2, 0) is 4.79 Å². The van der Waals surface area contributed by atoms with Crippen LogP contribution in [0.5, 0.6) is 0 Å². The van der Waals surface area contributed by atoms with Crippen LogP contribution in [0.3, 0.4) is 0 Å². The Morgan fingerprint density at radius 3 is 1.60 bits per heavy atom. The third-order valence-corrected chi connectivity index (χ3v) is 0.940. The van der Waals surface area contributed by atoms with E-state index < -0.39 is 0 Å². The molecule has 0 heterocycles. The second-order valence-corrected chi connectivity index (χ2v) is 2.88. The summed E-state index contributed by atoms with van der Waals surface area (Å²) in [4.78, 5) is 9.44. The monoisotopic (exact) mass is 214 g/mol. The largest absolute Gasteiger partial charge is 0.412 e. The molecule has 0 fully saturated rings. The molecule has 0 spiro atoms. The van der Waals surface area contributed by atoms with Gasteiger partial charge in [-0.05, 0) is 27.7 Å². The zero-order valence-electron chi connectivity index (χ0n) is 9.95. The standard InChI is InChI=1S/C7H8.C3H6O.C2H6O.H2O/c1-7-5-3-2-4-6-7;1-3(2)4;1-2-3;/h2-6H,1H3;1-2H3;3H,2H2,1H3;1H2. The lowest BCUT2D eigenvalue weighted by Gasteiger charge is -1.82. The quantitative estimate of drug-likeness (QED) is 0.715. The Balaban J connectivity index is -0.000000158. The molecule has 0 atom stereocenters. The highest BCUT2D eigenvalue weighted by atomic mass is 16.2. The number of Topliss-reactive ketones (excluding diaryl/α,β-unsaturated/α-hetero) is 1. The molecule has 88 valence electrons. The van der Waals surface area contributed by atoms with Crippen LogP contribution in [0.1, 0.15) is 26.3 Å². The molecule has 15 heavy (non-hydrogen) atoms. The summed E-state index contributed by atoms with van der Waals surface area (Å²) >= 11 is 0. The summed E-state index contributed by atoms with van der Waals surface area (Å²) in [5.74, 6) is 0.167. The van der Waals surface area contributed by atoms with Crippen molar-refractivity contribution in [2.75, 3.05) is 6.61 Å². The van der Waals surface area contributed by atoms with Crippen molar-refractivity contribution < 1.29 is 15.4 Å². The van der Waals surface area contributed by atoms with E-state index in [1.54, 1.807) is 6.92 Å². The highest BCUT2D eigenvalue weighted by Crippen LogP contribution is 1.92. The molecule has 3 nitrogen and oxygen atoms in total. The van der Waals surface area contributed by atoms with E-state index in [4.69, 9.17) is 5.11 Å². The molecule has 1 aromatic rings. The van der Waals surface area contributed by atoms with Gasteiger partial charge in [-0.3, -0.25) is 0 Å². The molecule has 1 aromatic carbocycles. The first-order valence-corrected chi connectivity index (χ1v) is 4.64. The second-order valence-electron chi connectivity index (χ2n) is 2.88. The first-order chi connectivity index (χ1) is 6.54. The first-order valence-electron chi connectivity index (χ1n) is 4.64. The van der Waals surface area contributed by atoms with Gasteiger partial charge in [-0.1, -0.05) is 35.9 Å². The predicted octanol–water partition coefficient (Wildman–Crippen LogP) is 1.76. The number of ketones is 1. The number of hydrogen-bond acceptors (Lipinski definition) is 2. The number of benzene rings is 1. The third kappa shape index (κ3) is 32.3. The van der Waals surface area contributed by atoms with Gasteiger partial charge in [0.15, 0.2) is 0 Å². The number of carbonyl (C=O) groups is 1. The molecule has 0 unspecified atom stereocenters. The van der Waals surface area contributed by atoms with Crippen molar-refractivity contribution in [2.45, 2.75) is 27.7 Å². The second kappa shape index (κ2) is 15.3. The van der Waals surface area contributed by atoms with Crippen molar-refractivity contribution in [3.8, 4) is 0 Å². The van der Waals surface area contributed by atoms with Gasteiger partial charge in [0.1, 0.15) is 5.78 Å². The van der Waals surface area contributed by atoms with E-state index in [-0.39, 0.29) is 17.9 Å². The van der Waals surface area contributed by atoms with Crippen molar-refractivity contribution in [2.24, 2.45) is 0 Å². The summed E-state index contributed by atoms with van der Waals surface area (Å²) in [6.07, 6.45) is 0. The Hall–Kier alpha value is -1.19. The van der Waals surface area contributed by atoms with E-state index in [2.05, 4.69) is 19.1 Å². The molecule has 0 saturated heterocycles. The van der Waals surface area contributed by atoms with Crippen LogP contribution in [0.15, 0.2) is 30.3 Å². The maximum absolute atomic E-state index is 9.44. The molecular formula is C12H22O3. The normalized spacial score (nSPS) is 7.00. The van der Waals surface area contributed by atoms with Gasteiger partial charge >= 0.3 is 0 Å². The summed E-state index contributed by atoms with van der Waals surface area (Å²) in [7, 11) is 0. The molecule has 0 saturated carbocycles. The van der Waals surface area contributed by atoms with Crippen LogP contribution < -0.4 is 0 Å². The Morgan fingerprint density at radius 2 is 1.47 bits per heavy atom. The van der Waals surface area contributed by atoms with E-state index in [9.17, 15) is 4.79 Å². The number of hydrogen-bond donors (Lipinski definition) is 1.